The number of aliphatic hydroxyl groups is 11. The summed E-state index contributed by atoms with van der Waals surface area (Å²) in [6, 6.07) is -0.883. The van der Waals surface area contributed by atoms with E-state index in [2.05, 4.69) is 31.3 Å². The fourth-order valence-corrected chi connectivity index (χ4v) is 13.0. The Bertz CT molecular complexity index is 1700. The number of carbonyl (C=O) groups excluding carboxylic acids is 1. The molecule has 0 radical (unpaired) electrons. The Kier molecular flexibility index (Phi) is 50.2. The van der Waals surface area contributed by atoms with Crippen molar-refractivity contribution in [3.63, 3.8) is 0 Å². The first kappa shape index (κ1) is 83.8. The van der Waals surface area contributed by atoms with Crippen molar-refractivity contribution in [1.82, 2.24) is 5.32 Å². The van der Waals surface area contributed by atoms with Gasteiger partial charge in [0.25, 0.3) is 0 Å². The van der Waals surface area contributed by atoms with Crippen LogP contribution in [0.15, 0.2) is 12.2 Å². The van der Waals surface area contributed by atoms with Crippen LogP contribution in [0.5, 0.6) is 0 Å². The lowest BCUT2D eigenvalue weighted by atomic mass is 9.96. The van der Waals surface area contributed by atoms with E-state index in [1.54, 1.807) is 0 Å². The Balaban J connectivity index is 1.35. The molecule has 0 spiro atoms. The summed E-state index contributed by atoms with van der Waals surface area (Å²) in [5.41, 5.74) is 0. The van der Waals surface area contributed by atoms with E-state index in [0.717, 1.165) is 44.9 Å². The van der Waals surface area contributed by atoms with Crippen molar-refractivity contribution >= 4 is 5.91 Å². The summed E-state index contributed by atoms with van der Waals surface area (Å²) < 4.78 is 34.4. The van der Waals surface area contributed by atoms with Gasteiger partial charge in [0.1, 0.15) is 73.2 Å². The highest BCUT2D eigenvalue weighted by Gasteiger charge is 2.53. The number of aliphatic hydroxyl groups excluding tert-OH is 11. The van der Waals surface area contributed by atoms with Gasteiger partial charge in [-0.05, 0) is 38.5 Å². The molecule has 0 saturated carbocycles. The predicted molar refractivity (Wildman–Crippen MR) is 356 cm³/mol. The van der Waals surface area contributed by atoms with Crippen LogP contribution in [0.2, 0.25) is 0 Å². The molecule has 17 atom stereocenters. The topological polar surface area (TPSA) is 307 Å². The summed E-state index contributed by atoms with van der Waals surface area (Å²) in [5, 5.41) is 121. The predicted octanol–water partition coefficient (Wildman–Crippen LogP) is 10.8. The van der Waals surface area contributed by atoms with Gasteiger partial charge in [-0.2, -0.15) is 0 Å². The van der Waals surface area contributed by atoms with Crippen molar-refractivity contribution in [1.29, 1.82) is 0 Å². The second-order valence-electron chi connectivity index (χ2n) is 27.1. The van der Waals surface area contributed by atoms with E-state index in [9.17, 15) is 61.0 Å². The van der Waals surface area contributed by atoms with Crippen molar-refractivity contribution in [3.8, 4) is 0 Å². The Morgan fingerprint density at radius 3 is 1.07 bits per heavy atom. The van der Waals surface area contributed by atoms with Crippen molar-refractivity contribution in [2.45, 2.75) is 413 Å². The molecule has 0 aromatic carbocycles. The quantitative estimate of drug-likeness (QED) is 0.0199. The summed E-state index contributed by atoms with van der Waals surface area (Å²) in [5.74, 6) is -0.236. The van der Waals surface area contributed by atoms with E-state index in [0.29, 0.717) is 12.8 Å². The second-order valence-corrected chi connectivity index (χ2v) is 27.1. The van der Waals surface area contributed by atoms with Crippen molar-refractivity contribution in [2.24, 2.45) is 0 Å². The van der Waals surface area contributed by atoms with Gasteiger partial charge in [0, 0.05) is 6.42 Å². The minimum absolute atomic E-state index is 0.236. The summed E-state index contributed by atoms with van der Waals surface area (Å²) >= 11 is 0. The van der Waals surface area contributed by atoms with Crippen LogP contribution in [0, 0.1) is 0 Å². The Morgan fingerprint density at radius 2 is 0.692 bits per heavy atom. The van der Waals surface area contributed by atoms with Gasteiger partial charge in [0.05, 0.1) is 38.6 Å². The first-order valence-electron chi connectivity index (χ1n) is 37.4. The number of hydrogen-bond acceptors (Lipinski definition) is 18. The normalized spacial score (nSPS) is 27.9. The minimum Gasteiger partial charge on any atom is -0.394 e. The zero-order valence-corrected chi connectivity index (χ0v) is 57.1. The maximum absolute atomic E-state index is 13.4. The number of amides is 1. The van der Waals surface area contributed by atoms with E-state index in [4.69, 9.17) is 28.4 Å². The molecule has 3 rings (SSSR count). The summed E-state index contributed by atoms with van der Waals surface area (Å²) in [7, 11) is 0. The van der Waals surface area contributed by atoms with Crippen molar-refractivity contribution in [3.05, 3.63) is 12.2 Å². The molecule has 19 nitrogen and oxygen atoms in total. The van der Waals surface area contributed by atoms with Crippen LogP contribution < -0.4 is 5.32 Å². The smallest absolute Gasteiger partial charge is 0.220 e. The summed E-state index contributed by atoms with van der Waals surface area (Å²) in [4.78, 5) is 13.4. The molecular weight excluding hydrogens is 1170 g/mol. The molecule has 1 amide bonds. The third-order valence-electron chi connectivity index (χ3n) is 19.1. The molecule has 91 heavy (non-hydrogen) atoms. The molecule has 19 heteroatoms. The number of carbonyl (C=O) groups is 1. The van der Waals surface area contributed by atoms with Crippen LogP contribution in [-0.2, 0) is 33.2 Å². The highest BCUT2D eigenvalue weighted by atomic mass is 16.8. The molecule has 17 unspecified atom stereocenters. The maximum atomic E-state index is 13.4. The molecule has 538 valence electrons. The molecule has 3 aliphatic rings. The second kappa shape index (κ2) is 54.5. The average molecular weight is 1300 g/mol. The molecule has 0 aromatic heterocycles. The van der Waals surface area contributed by atoms with E-state index in [1.807, 2.05) is 0 Å². The third-order valence-corrected chi connectivity index (χ3v) is 19.1. The van der Waals surface area contributed by atoms with Gasteiger partial charge < -0.3 is 89.9 Å². The highest BCUT2D eigenvalue weighted by molar-refractivity contribution is 5.76. The lowest BCUT2D eigenvalue weighted by Gasteiger charge is -2.48. The average Bonchev–Trinajstić information content (AvgIpc) is 0.876. The van der Waals surface area contributed by atoms with Crippen LogP contribution in [0.25, 0.3) is 0 Å². The van der Waals surface area contributed by atoms with Gasteiger partial charge in [0.15, 0.2) is 18.9 Å². The zero-order chi connectivity index (χ0) is 66.1. The Labute approximate surface area is 550 Å². The van der Waals surface area contributed by atoms with E-state index < -0.39 is 124 Å². The monoisotopic (exact) mass is 1300 g/mol. The van der Waals surface area contributed by atoms with Gasteiger partial charge in [-0.15, -0.1) is 0 Å². The Morgan fingerprint density at radius 1 is 0.385 bits per heavy atom. The van der Waals surface area contributed by atoms with Crippen LogP contribution in [0.1, 0.15) is 309 Å². The molecule has 3 saturated heterocycles. The number of unbranched alkanes of at least 4 members (excludes halogenated alkanes) is 41. The highest BCUT2D eigenvalue weighted by Crippen LogP contribution is 2.33. The molecular formula is C72H137NO18. The Hall–Kier alpha value is -1.47. The van der Waals surface area contributed by atoms with Gasteiger partial charge >= 0.3 is 0 Å². The van der Waals surface area contributed by atoms with E-state index in [1.165, 1.54) is 231 Å². The SMILES string of the molecule is CCCCCCCCCC/C=C\CCCCCCCCCCCCCCCCCCCCCC(=O)NC(COC1OC(CO)C(OC2OC(CO)C(OC3OC(CO)C(O)C(O)C3O)C(O)C2O)C(O)C1O)C(O)CCCCCCCCCCCCCCCCC. The molecule has 3 aliphatic heterocycles. The fourth-order valence-electron chi connectivity index (χ4n) is 13.0. The lowest BCUT2D eigenvalue weighted by Crippen LogP contribution is -2.66. The minimum atomic E-state index is -1.97. The number of nitrogens with one attached hydrogen (secondary N) is 1. The van der Waals surface area contributed by atoms with E-state index in [-0.39, 0.29) is 18.9 Å². The molecule has 0 aromatic rings. The van der Waals surface area contributed by atoms with Gasteiger partial charge in [-0.1, -0.05) is 276 Å². The molecule has 0 aliphatic carbocycles. The molecule has 3 heterocycles. The van der Waals surface area contributed by atoms with Crippen LogP contribution in [-0.4, -0.2) is 193 Å². The largest absolute Gasteiger partial charge is 0.394 e. The standard InChI is InChI=1S/C72H137NO18/c1-3-5-7-9-11-13-15-17-19-20-21-22-23-24-25-26-27-28-29-30-31-32-33-34-36-38-40-42-44-46-48-50-60(78)73-55(56(77)49-47-45-43-41-39-37-35-18-16-14-12-10-8-6-4-2)54-86-70-66(84)63(81)68(58(52-75)88-70)91-72-67(85)64(82)69(59(53-76)89-72)90-71-65(83)62(80)61(79)57(51-74)87-71/h20-21,55-59,61-72,74-77,79-85H,3-19,22-54H2,1-2H3,(H,73,78)/b21-20-. The van der Waals surface area contributed by atoms with Crippen LogP contribution >= 0.6 is 0 Å². The third kappa shape index (κ3) is 36.1. The lowest BCUT2D eigenvalue weighted by molar-refractivity contribution is -0.379. The first-order valence-corrected chi connectivity index (χ1v) is 37.4. The summed E-state index contributed by atoms with van der Waals surface area (Å²) in [6.07, 6.45) is 34.5. The zero-order valence-electron chi connectivity index (χ0n) is 57.1. The summed E-state index contributed by atoms with van der Waals surface area (Å²) in [6.45, 7) is 1.84. The van der Waals surface area contributed by atoms with Gasteiger partial charge in [0.2, 0.25) is 5.91 Å². The van der Waals surface area contributed by atoms with Crippen LogP contribution in [0.4, 0.5) is 0 Å². The van der Waals surface area contributed by atoms with Gasteiger partial charge in [-0.25, -0.2) is 0 Å². The molecule has 12 N–H and O–H groups in total. The number of ether oxygens (including phenoxy) is 6. The van der Waals surface area contributed by atoms with E-state index >= 15 is 0 Å². The van der Waals surface area contributed by atoms with Gasteiger partial charge in [-0.3, -0.25) is 4.79 Å². The van der Waals surface area contributed by atoms with Crippen LogP contribution in [0.3, 0.4) is 0 Å². The van der Waals surface area contributed by atoms with Crippen molar-refractivity contribution < 1.29 is 89.4 Å². The fraction of sp³-hybridized carbons (Fsp3) is 0.958. The van der Waals surface area contributed by atoms with Crippen molar-refractivity contribution in [2.75, 3.05) is 26.4 Å². The maximum Gasteiger partial charge on any atom is 0.220 e. The number of hydrogen-bond donors (Lipinski definition) is 12. The molecule has 0 bridgehead atoms. The molecule has 3 fully saturated rings. The number of allylic oxidation sites excluding steroid dienone is 2. The first-order chi connectivity index (χ1) is 44.3. The number of rotatable bonds is 59.